The summed E-state index contributed by atoms with van der Waals surface area (Å²) >= 11 is 0. The minimum absolute atomic E-state index is 0.178. The van der Waals surface area contributed by atoms with Crippen LogP contribution in [0.3, 0.4) is 0 Å². The van der Waals surface area contributed by atoms with Gasteiger partial charge in [0.1, 0.15) is 0 Å². The lowest BCUT2D eigenvalue weighted by Crippen LogP contribution is -2.47. The van der Waals surface area contributed by atoms with Gasteiger partial charge >= 0.3 is 12.0 Å². The summed E-state index contributed by atoms with van der Waals surface area (Å²) in [7, 11) is 0. The standard InChI is InChI=1S/C13H21N5O3/c19-11(20)13(4-2-1-3-5-13)10-15-12(21)14-6-8-18-9-7-16-17-18/h7,9H,1-6,8,10H2,(H,19,20)(H2,14,15,21). The average molecular weight is 295 g/mol. The molecule has 0 spiro atoms. The van der Waals surface area contributed by atoms with Gasteiger partial charge in [0, 0.05) is 19.3 Å². The highest BCUT2D eigenvalue weighted by Crippen LogP contribution is 2.35. The molecular formula is C13H21N5O3. The van der Waals surface area contributed by atoms with E-state index in [0.717, 1.165) is 19.3 Å². The quantitative estimate of drug-likeness (QED) is 0.712. The van der Waals surface area contributed by atoms with Crippen LogP contribution >= 0.6 is 0 Å². The molecule has 0 aromatic carbocycles. The van der Waals surface area contributed by atoms with E-state index in [4.69, 9.17) is 0 Å². The summed E-state index contributed by atoms with van der Waals surface area (Å²) in [6, 6.07) is -0.346. The summed E-state index contributed by atoms with van der Waals surface area (Å²) in [5.41, 5.74) is -0.804. The van der Waals surface area contributed by atoms with Gasteiger partial charge in [0.05, 0.1) is 18.2 Å². The topological polar surface area (TPSA) is 109 Å². The maximum atomic E-state index is 11.7. The molecule has 2 amide bonds. The molecule has 2 rings (SSSR count). The van der Waals surface area contributed by atoms with Crippen molar-refractivity contribution in [2.45, 2.75) is 38.6 Å². The third-order valence-electron chi connectivity index (χ3n) is 3.95. The molecule has 1 aliphatic rings. The Bertz CT molecular complexity index is 468. The maximum Gasteiger partial charge on any atom is 0.314 e. The van der Waals surface area contributed by atoms with Gasteiger partial charge in [-0.3, -0.25) is 9.48 Å². The molecule has 0 unspecified atom stereocenters. The first kappa shape index (κ1) is 15.3. The molecule has 3 N–H and O–H groups in total. The zero-order valence-corrected chi connectivity index (χ0v) is 11.9. The van der Waals surface area contributed by atoms with Crippen molar-refractivity contribution >= 4 is 12.0 Å². The molecule has 1 aliphatic carbocycles. The van der Waals surface area contributed by atoms with Gasteiger partial charge in [0.15, 0.2) is 0 Å². The van der Waals surface area contributed by atoms with Crippen LogP contribution in [0.1, 0.15) is 32.1 Å². The summed E-state index contributed by atoms with van der Waals surface area (Å²) in [5, 5.41) is 22.2. The lowest BCUT2D eigenvalue weighted by Gasteiger charge is -2.33. The Morgan fingerprint density at radius 2 is 2.00 bits per heavy atom. The van der Waals surface area contributed by atoms with Crippen LogP contribution in [0.15, 0.2) is 12.4 Å². The fourth-order valence-electron chi connectivity index (χ4n) is 2.64. The van der Waals surface area contributed by atoms with Crippen LogP contribution in [0.2, 0.25) is 0 Å². The van der Waals surface area contributed by atoms with E-state index in [-0.39, 0.29) is 12.6 Å². The van der Waals surface area contributed by atoms with E-state index in [9.17, 15) is 14.7 Å². The zero-order valence-electron chi connectivity index (χ0n) is 11.9. The van der Waals surface area contributed by atoms with Crippen molar-refractivity contribution in [3.8, 4) is 0 Å². The van der Waals surface area contributed by atoms with Crippen LogP contribution in [-0.4, -0.2) is 45.2 Å². The van der Waals surface area contributed by atoms with E-state index < -0.39 is 11.4 Å². The predicted molar refractivity (Wildman–Crippen MR) is 74.6 cm³/mol. The molecule has 0 aliphatic heterocycles. The molecule has 1 aromatic rings. The molecule has 1 saturated carbocycles. The van der Waals surface area contributed by atoms with Gasteiger partial charge in [-0.15, -0.1) is 5.10 Å². The lowest BCUT2D eigenvalue weighted by atomic mass is 9.74. The van der Waals surface area contributed by atoms with Gasteiger partial charge in [0.2, 0.25) is 0 Å². The van der Waals surface area contributed by atoms with Gasteiger partial charge < -0.3 is 15.7 Å². The van der Waals surface area contributed by atoms with Gasteiger partial charge in [-0.05, 0) is 12.8 Å². The summed E-state index contributed by atoms with van der Waals surface area (Å²) in [5.74, 6) is -0.815. The monoisotopic (exact) mass is 295 g/mol. The number of hydrogen-bond donors (Lipinski definition) is 3. The van der Waals surface area contributed by atoms with Crippen LogP contribution in [0.4, 0.5) is 4.79 Å². The van der Waals surface area contributed by atoms with E-state index in [1.807, 2.05) is 0 Å². The second kappa shape index (κ2) is 7.05. The highest BCUT2D eigenvalue weighted by molar-refractivity contribution is 5.78. The SMILES string of the molecule is O=C(NCCn1ccnn1)NCC1(C(=O)O)CCCCC1. The Kier molecular flexibility index (Phi) is 5.13. The Morgan fingerprint density at radius 1 is 1.24 bits per heavy atom. The Balaban J connectivity index is 1.72. The molecule has 1 aromatic heterocycles. The van der Waals surface area contributed by atoms with Crippen LogP contribution in [-0.2, 0) is 11.3 Å². The molecule has 0 saturated heterocycles. The van der Waals surface area contributed by atoms with Crippen LogP contribution in [0.5, 0.6) is 0 Å². The Morgan fingerprint density at radius 3 is 2.62 bits per heavy atom. The van der Waals surface area contributed by atoms with Crippen molar-refractivity contribution in [3.63, 3.8) is 0 Å². The molecule has 8 heteroatoms. The third kappa shape index (κ3) is 4.17. The summed E-state index contributed by atoms with van der Waals surface area (Å²) in [4.78, 5) is 23.2. The smallest absolute Gasteiger partial charge is 0.314 e. The number of amides is 2. The second-order valence-corrected chi connectivity index (χ2v) is 5.42. The normalized spacial score (nSPS) is 17.1. The Hall–Kier alpha value is -2.12. The minimum Gasteiger partial charge on any atom is -0.481 e. The summed E-state index contributed by atoms with van der Waals surface area (Å²) in [6.07, 6.45) is 7.41. The zero-order chi connectivity index (χ0) is 15.1. The number of aliphatic carboxylic acids is 1. The Labute approximate surface area is 122 Å². The molecule has 0 radical (unpaired) electrons. The van der Waals surface area contributed by atoms with Crippen LogP contribution in [0.25, 0.3) is 0 Å². The molecule has 116 valence electrons. The van der Waals surface area contributed by atoms with Gasteiger partial charge in [0.25, 0.3) is 0 Å². The molecular weight excluding hydrogens is 274 g/mol. The van der Waals surface area contributed by atoms with Crippen molar-refractivity contribution in [3.05, 3.63) is 12.4 Å². The largest absolute Gasteiger partial charge is 0.481 e. The van der Waals surface area contributed by atoms with Crippen molar-refractivity contribution in [1.29, 1.82) is 0 Å². The van der Waals surface area contributed by atoms with E-state index in [0.29, 0.717) is 25.9 Å². The predicted octanol–water partition coefficient (Wildman–Crippen LogP) is 0.612. The molecule has 1 fully saturated rings. The number of rotatable bonds is 6. The number of hydrogen-bond acceptors (Lipinski definition) is 4. The van der Waals surface area contributed by atoms with Crippen molar-refractivity contribution in [2.75, 3.05) is 13.1 Å². The number of carboxylic acids is 1. The third-order valence-corrected chi connectivity index (χ3v) is 3.95. The van der Waals surface area contributed by atoms with Gasteiger partial charge in [-0.25, -0.2) is 4.79 Å². The number of urea groups is 1. The first-order chi connectivity index (χ1) is 10.1. The average Bonchev–Trinajstić information content (AvgIpc) is 2.99. The number of carbonyl (C=O) groups is 2. The van der Waals surface area contributed by atoms with Gasteiger partial charge in [-0.1, -0.05) is 24.5 Å². The van der Waals surface area contributed by atoms with E-state index in [2.05, 4.69) is 20.9 Å². The van der Waals surface area contributed by atoms with E-state index in [1.54, 1.807) is 17.1 Å². The minimum atomic E-state index is -0.815. The lowest BCUT2D eigenvalue weighted by molar-refractivity contribution is -0.150. The highest BCUT2D eigenvalue weighted by Gasteiger charge is 2.39. The first-order valence-electron chi connectivity index (χ1n) is 7.22. The summed E-state index contributed by atoms with van der Waals surface area (Å²) < 4.78 is 1.61. The van der Waals surface area contributed by atoms with E-state index >= 15 is 0 Å². The number of nitrogens with one attached hydrogen (secondary N) is 2. The van der Waals surface area contributed by atoms with Crippen LogP contribution < -0.4 is 10.6 Å². The maximum absolute atomic E-state index is 11.7. The summed E-state index contributed by atoms with van der Waals surface area (Å²) in [6.45, 7) is 1.12. The van der Waals surface area contributed by atoms with E-state index in [1.165, 1.54) is 0 Å². The highest BCUT2D eigenvalue weighted by atomic mass is 16.4. The fraction of sp³-hybridized carbons (Fsp3) is 0.692. The number of carbonyl (C=O) groups excluding carboxylic acids is 1. The molecule has 1 heterocycles. The van der Waals surface area contributed by atoms with Crippen molar-refractivity contribution in [2.24, 2.45) is 5.41 Å². The number of nitrogens with zero attached hydrogens (tertiary/aromatic N) is 3. The molecule has 8 nitrogen and oxygen atoms in total. The number of aromatic nitrogens is 3. The van der Waals surface area contributed by atoms with Crippen LogP contribution in [0, 0.1) is 5.41 Å². The second-order valence-electron chi connectivity index (χ2n) is 5.42. The van der Waals surface area contributed by atoms with Crippen molar-refractivity contribution in [1.82, 2.24) is 25.6 Å². The van der Waals surface area contributed by atoms with Crippen molar-refractivity contribution < 1.29 is 14.7 Å². The fourth-order valence-corrected chi connectivity index (χ4v) is 2.64. The van der Waals surface area contributed by atoms with Gasteiger partial charge in [-0.2, -0.15) is 0 Å². The number of carboxylic acid groups (broad SMARTS) is 1. The molecule has 0 atom stereocenters. The molecule has 0 bridgehead atoms. The first-order valence-corrected chi connectivity index (χ1v) is 7.22. The molecule has 21 heavy (non-hydrogen) atoms.